The summed E-state index contributed by atoms with van der Waals surface area (Å²) in [5.74, 6) is 0.892. The molecule has 0 saturated heterocycles. The van der Waals surface area contributed by atoms with Crippen LogP contribution in [-0.4, -0.2) is 39.0 Å². The lowest BCUT2D eigenvalue weighted by Crippen LogP contribution is -2.37. The van der Waals surface area contributed by atoms with Crippen LogP contribution < -0.4 is 5.32 Å². The molecule has 3 heteroatoms. The van der Waals surface area contributed by atoms with E-state index >= 15 is 0 Å². The monoisotopic (exact) mass is 241 g/mol. The van der Waals surface area contributed by atoms with Gasteiger partial charge in [-0.3, -0.25) is 0 Å². The Labute approximate surface area is 105 Å². The van der Waals surface area contributed by atoms with Gasteiger partial charge in [-0.05, 0) is 57.4 Å². The normalized spacial score (nSPS) is 29.5. The van der Waals surface area contributed by atoms with Crippen LogP contribution >= 0.6 is 0 Å². The van der Waals surface area contributed by atoms with Crippen molar-refractivity contribution in [2.75, 3.05) is 26.9 Å². The Kier molecular flexibility index (Phi) is 5.75. The second-order valence-electron chi connectivity index (χ2n) is 5.55. The van der Waals surface area contributed by atoms with Gasteiger partial charge in [0.1, 0.15) is 0 Å². The third kappa shape index (κ3) is 5.36. The first-order valence-electron chi connectivity index (χ1n) is 7.22. The summed E-state index contributed by atoms with van der Waals surface area (Å²) in [4.78, 5) is 0. The maximum Gasteiger partial charge on any atom is 0.0586 e. The van der Waals surface area contributed by atoms with Gasteiger partial charge in [-0.2, -0.15) is 0 Å². The lowest BCUT2D eigenvalue weighted by Gasteiger charge is -2.28. The van der Waals surface area contributed by atoms with E-state index in [4.69, 9.17) is 9.47 Å². The maximum absolute atomic E-state index is 5.62. The largest absolute Gasteiger partial charge is 0.381 e. The zero-order valence-corrected chi connectivity index (χ0v) is 11.1. The van der Waals surface area contributed by atoms with Gasteiger partial charge < -0.3 is 14.8 Å². The van der Waals surface area contributed by atoms with E-state index in [-0.39, 0.29) is 0 Å². The lowest BCUT2D eigenvalue weighted by molar-refractivity contribution is 0.0581. The van der Waals surface area contributed by atoms with E-state index in [1.54, 1.807) is 0 Å². The van der Waals surface area contributed by atoms with Crippen molar-refractivity contribution in [3.8, 4) is 0 Å². The zero-order chi connectivity index (χ0) is 11.9. The molecule has 2 aliphatic rings. The minimum absolute atomic E-state index is 0.479. The number of hydrogen-bond acceptors (Lipinski definition) is 3. The summed E-state index contributed by atoms with van der Waals surface area (Å²) in [6.07, 6.45) is 9.42. The van der Waals surface area contributed by atoms with E-state index in [2.05, 4.69) is 5.32 Å². The van der Waals surface area contributed by atoms with Gasteiger partial charge in [-0.1, -0.05) is 0 Å². The van der Waals surface area contributed by atoms with Crippen molar-refractivity contribution >= 4 is 0 Å². The highest BCUT2D eigenvalue weighted by atomic mass is 16.5. The highest BCUT2D eigenvalue weighted by molar-refractivity contribution is 4.78. The fourth-order valence-electron chi connectivity index (χ4n) is 2.56. The fraction of sp³-hybridized carbons (Fsp3) is 1.00. The second-order valence-corrected chi connectivity index (χ2v) is 5.55. The molecule has 3 nitrogen and oxygen atoms in total. The van der Waals surface area contributed by atoms with Crippen LogP contribution in [0.5, 0.6) is 0 Å². The van der Waals surface area contributed by atoms with Crippen molar-refractivity contribution in [3.05, 3.63) is 0 Å². The molecule has 100 valence electrons. The standard InChI is InChI=1S/C14H27NO2/c1-16-14-5-2-4-13(10-14)15-8-3-9-17-11-12-6-7-12/h12-15H,2-11H2,1H3. The summed E-state index contributed by atoms with van der Waals surface area (Å²) in [6, 6.07) is 0.664. The second kappa shape index (κ2) is 7.34. The van der Waals surface area contributed by atoms with Gasteiger partial charge in [0.25, 0.3) is 0 Å². The number of hydrogen-bond donors (Lipinski definition) is 1. The Morgan fingerprint density at radius 2 is 2.06 bits per heavy atom. The molecule has 0 radical (unpaired) electrons. The zero-order valence-electron chi connectivity index (χ0n) is 11.1. The quantitative estimate of drug-likeness (QED) is 0.662. The Bertz CT molecular complexity index is 206. The number of nitrogens with one attached hydrogen (secondary N) is 1. The van der Waals surface area contributed by atoms with Crippen LogP contribution in [0.3, 0.4) is 0 Å². The van der Waals surface area contributed by atoms with E-state index in [1.165, 1.54) is 38.5 Å². The first-order valence-corrected chi connectivity index (χ1v) is 7.22. The molecule has 2 atom stereocenters. The highest BCUT2D eigenvalue weighted by Gasteiger charge is 2.21. The van der Waals surface area contributed by atoms with E-state index in [1.807, 2.05) is 7.11 Å². The van der Waals surface area contributed by atoms with Gasteiger partial charge in [0.05, 0.1) is 6.10 Å². The summed E-state index contributed by atoms with van der Waals surface area (Å²) in [5, 5.41) is 3.63. The lowest BCUT2D eigenvalue weighted by atomic mass is 9.93. The average molecular weight is 241 g/mol. The molecule has 0 aromatic rings. The van der Waals surface area contributed by atoms with Gasteiger partial charge in [-0.15, -0.1) is 0 Å². The van der Waals surface area contributed by atoms with Crippen LogP contribution in [0.15, 0.2) is 0 Å². The minimum Gasteiger partial charge on any atom is -0.381 e. The van der Waals surface area contributed by atoms with E-state index < -0.39 is 0 Å². The van der Waals surface area contributed by atoms with E-state index in [0.717, 1.165) is 32.1 Å². The number of rotatable bonds is 8. The Hall–Kier alpha value is -0.120. The van der Waals surface area contributed by atoms with Crippen LogP contribution in [0.4, 0.5) is 0 Å². The molecule has 0 amide bonds. The van der Waals surface area contributed by atoms with E-state index in [0.29, 0.717) is 12.1 Å². The van der Waals surface area contributed by atoms with Crippen molar-refractivity contribution in [1.82, 2.24) is 5.32 Å². The molecule has 0 aromatic carbocycles. The van der Waals surface area contributed by atoms with Gasteiger partial charge in [0.2, 0.25) is 0 Å². The molecule has 0 aromatic heterocycles. The first-order chi connectivity index (χ1) is 8.38. The van der Waals surface area contributed by atoms with Gasteiger partial charge in [0, 0.05) is 26.4 Å². The third-order valence-electron chi connectivity index (χ3n) is 3.91. The van der Waals surface area contributed by atoms with Crippen LogP contribution in [0, 0.1) is 5.92 Å². The molecule has 0 spiro atoms. The van der Waals surface area contributed by atoms with Gasteiger partial charge >= 0.3 is 0 Å². The van der Waals surface area contributed by atoms with Crippen LogP contribution in [0.1, 0.15) is 44.9 Å². The molecule has 17 heavy (non-hydrogen) atoms. The van der Waals surface area contributed by atoms with Crippen molar-refractivity contribution in [1.29, 1.82) is 0 Å². The summed E-state index contributed by atoms with van der Waals surface area (Å²) < 4.78 is 11.1. The van der Waals surface area contributed by atoms with Gasteiger partial charge in [-0.25, -0.2) is 0 Å². The molecular weight excluding hydrogens is 214 g/mol. The molecule has 2 rings (SSSR count). The van der Waals surface area contributed by atoms with Crippen LogP contribution in [-0.2, 0) is 9.47 Å². The fourth-order valence-corrected chi connectivity index (χ4v) is 2.56. The molecule has 2 saturated carbocycles. The average Bonchev–Trinajstić information content (AvgIpc) is 3.18. The van der Waals surface area contributed by atoms with Crippen molar-refractivity contribution in [3.63, 3.8) is 0 Å². The molecule has 2 aliphatic carbocycles. The Balaban J connectivity index is 1.43. The maximum atomic E-state index is 5.62. The minimum atomic E-state index is 0.479. The Morgan fingerprint density at radius 3 is 2.82 bits per heavy atom. The summed E-state index contributed by atoms with van der Waals surface area (Å²) in [7, 11) is 1.83. The van der Waals surface area contributed by atoms with Crippen molar-refractivity contribution in [2.24, 2.45) is 5.92 Å². The molecule has 2 unspecified atom stereocenters. The topological polar surface area (TPSA) is 30.5 Å². The predicted octanol–water partition coefficient (Wildman–Crippen LogP) is 2.35. The molecule has 1 N–H and O–H groups in total. The smallest absolute Gasteiger partial charge is 0.0586 e. The molecule has 0 bridgehead atoms. The summed E-state index contributed by atoms with van der Waals surface area (Å²) >= 11 is 0. The highest BCUT2D eigenvalue weighted by Crippen LogP contribution is 2.28. The van der Waals surface area contributed by atoms with Crippen LogP contribution in [0.25, 0.3) is 0 Å². The predicted molar refractivity (Wildman–Crippen MR) is 69.2 cm³/mol. The molecule has 0 aliphatic heterocycles. The summed E-state index contributed by atoms with van der Waals surface area (Å²) in [5.41, 5.74) is 0. The molecular formula is C14H27NO2. The third-order valence-corrected chi connectivity index (χ3v) is 3.91. The van der Waals surface area contributed by atoms with Gasteiger partial charge in [0.15, 0.2) is 0 Å². The SMILES string of the molecule is COC1CCCC(NCCCOCC2CC2)C1. The van der Waals surface area contributed by atoms with Crippen LogP contribution in [0.2, 0.25) is 0 Å². The summed E-state index contributed by atoms with van der Waals surface area (Å²) in [6.45, 7) is 3.00. The molecule has 2 fully saturated rings. The number of ether oxygens (including phenoxy) is 2. The first kappa shape index (κ1) is 13.3. The van der Waals surface area contributed by atoms with Crippen molar-refractivity contribution < 1.29 is 9.47 Å². The van der Waals surface area contributed by atoms with E-state index in [9.17, 15) is 0 Å². The molecule has 0 heterocycles. The number of methoxy groups -OCH3 is 1. The Morgan fingerprint density at radius 1 is 1.18 bits per heavy atom. The van der Waals surface area contributed by atoms with Crippen molar-refractivity contribution in [2.45, 2.75) is 57.1 Å².